The molecule has 2 amide bonds. The number of thioether (sulfide) groups is 1. The van der Waals surface area contributed by atoms with E-state index in [1.165, 1.54) is 0 Å². The fraction of sp³-hybridized carbons (Fsp3) is 0.471. The predicted octanol–water partition coefficient (Wildman–Crippen LogP) is 1.93. The molecule has 1 aromatic carbocycles. The van der Waals surface area contributed by atoms with Gasteiger partial charge in [0, 0.05) is 17.9 Å². The van der Waals surface area contributed by atoms with E-state index in [-0.39, 0.29) is 17.4 Å². The Morgan fingerprint density at radius 1 is 1.38 bits per heavy atom. The Morgan fingerprint density at radius 2 is 2.08 bits per heavy atom. The molecule has 0 unspecified atom stereocenters. The predicted molar refractivity (Wildman–Crippen MR) is 91.5 cm³/mol. The topological polar surface area (TPSA) is 75.7 Å². The monoisotopic (exact) mass is 348 g/mol. The molecule has 3 rings (SSSR count). The Kier molecular flexibility index (Phi) is 4.54. The number of hydrogen-bond donors (Lipinski definition) is 1. The minimum absolute atomic E-state index is 0.0199. The number of carbonyl (C=O) groups is 3. The van der Waals surface area contributed by atoms with Crippen LogP contribution in [0.4, 0.5) is 5.69 Å². The zero-order valence-electron chi connectivity index (χ0n) is 13.7. The van der Waals surface area contributed by atoms with Crippen LogP contribution in [0, 0.1) is 6.92 Å². The Morgan fingerprint density at radius 3 is 2.79 bits per heavy atom. The van der Waals surface area contributed by atoms with Gasteiger partial charge in [0.05, 0.1) is 4.87 Å². The van der Waals surface area contributed by atoms with Gasteiger partial charge in [0.25, 0.3) is 5.91 Å². The van der Waals surface area contributed by atoms with Crippen LogP contribution in [0.2, 0.25) is 0 Å². The molecule has 2 atom stereocenters. The summed E-state index contributed by atoms with van der Waals surface area (Å²) < 4.78 is 5.13. The highest BCUT2D eigenvalue weighted by molar-refractivity contribution is 8.01. The third kappa shape index (κ3) is 3.26. The van der Waals surface area contributed by atoms with Crippen molar-refractivity contribution in [1.29, 1.82) is 0 Å². The number of nitrogens with one attached hydrogen (secondary N) is 1. The van der Waals surface area contributed by atoms with Crippen molar-refractivity contribution in [3.63, 3.8) is 0 Å². The summed E-state index contributed by atoms with van der Waals surface area (Å²) in [5.41, 5.74) is 1.75. The van der Waals surface area contributed by atoms with Crippen molar-refractivity contribution < 1.29 is 19.1 Å². The van der Waals surface area contributed by atoms with Gasteiger partial charge in [-0.15, -0.1) is 11.8 Å². The standard InChI is InChI=1S/C17H20N2O4S/c1-11-3-5-12(6-4-11)18-14(20)9-23-16(22)13-10-24-17(2)8-7-15(21)19(13)17/h3-6,13H,7-10H2,1-2H3,(H,18,20)/t13-,17-/m0/s1. The van der Waals surface area contributed by atoms with E-state index in [1.807, 2.05) is 26.0 Å². The molecule has 2 aliphatic heterocycles. The summed E-state index contributed by atoms with van der Waals surface area (Å²) in [6, 6.07) is 6.75. The zero-order valence-corrected chi connectivity index (χ0v) is 14.5. The first kappa shape index (κ1) is 16.8. The number of amides is 2. The molecule has 1 aromatic rings. The second-order valence-electron chi connectivity index (χ2n) is 6.29. The van der Waals surface area contributed by atoms with E-state index < -0.39 is 17.9 Å². The molecule has 128 valence electrons. The van der Waals surface area contributed by atoms with Gasteiger partial charge < -0.3 is 15.0 Å². The lowest BCUT2D eigenvalue weighted by molar-refractivity contribution is -0.155. The number of benzene rings is 1. The quantitative estimate of drug-likeness (QED) is 0.842. The van der Waals surface area contributed by atoms with Crippen molar-refractivity contribution >= 4 is 35.2 Å². The van der Waals surface area contributed by atoms with Gasteiger partial charge in [-0.1, -0.05) is 17.7 Å². The van der Waals surface area contributed by atoms with Crippen LogP contribution in [-0.4, -0.2) is 46.0 Å². The van der Waals surface area contributed by atoms with E-state index in [1.54, 1.807) is 28.8 Å². The Bertz CT molecular complexity index is 676. The maximum Gasteiger partial charge on any atom is 0.330 e. The number of nitrogens with zero attached hydrogens (tertiary/aromatic N) is 1. The minimum atomic E-state index is -0.595. The largest absolute Gasteiger partial charge is 0.454 e. The Labute approximate surface area is 144 Å². The Balaban J connectivity index is 1.53. The van der Waals surface area contributed by atoms with E-state index in [2.05, 4.69) is 5.32 Å². The van der Waals surface area contributed by atoms with Gasteiger partial charge in [-0.3, -0.25) is 9.59 Å². The fourth-order valence-electron chi connectivity index (χ4n) is 3.06. The number of fused-ring (bicyclic) bond motifs is 1. The summed E-state index contributed by atoms with van der Waals surface area (Å²) in [6.45, 7) is 3.58. The molecular weight excluding hydrogens is 328 g/mol. The number of anilines is 1. The first-order chi connectivity index (χ1) is 11.4. The van der Waals surface area contributed by atoms with E-state index in [4.69, 9.17) is 4.74 Å². The molecule has 0 spiro atoms. The molecule has 0 saturated carbocycles. The second kappa shape index (κ2) is 6.47. The van der Waals surface area contributed by atoms with Gasteiger partial charge >= 0.3 is 5.97 Å². The van der Waals surface area contributed by atoms with Crippen LogP contribution in [0.3, 0.4) is 0 Å². The summed E-state index contributed by atoms with van der Waals surface area (Å²) >= 11 is 1.60. The van der Waals surface area contributed by atoms with Crippen LogP contribution in [0.15, 0.2) is 24.3 Å². The Hall–Kier alpha value is -2.02. The normalized spacial score (nSPS) is 25.5. The average Bonchev–Trinajstić information content (AvgIpc) is 3.04. The zero-order chi connectivity index (χ0) is 17.3. The highest BCUT2D eigenvalue weighted by Gasteiger charge is 2.53. The molecule has 24 heavy (non-hydrogen) atoms. The van der Waals surface area contributed by atoms with Gasteiger partial charge in [-0.25, -0.2) is 4.79 Å². The summed E-state index contributed by atoms with van der Waals surface area (Å²) in [7, 11) is 0. The number of rotatable bonds is 4. The van der Waals surface area contributed by atoms with Crippen LogP contribution < -0.4 is 5.32 Å². The first-order valence-electron chi connectivity index (χ1n) is 7.88. The molecule has 1 N–H and O–H groups in total. The molecule has 0 bridgehead atoms. The number of hydrogen-bond acceptors (Lipinski definition) is 5. The van der Waals surface area contributed by atoms with Crippen LogP contribution in [-0.2, 0) is 19.1 Å². The van der Waals surface area contributed by atoms with Crippen LogP contribution in [0.1, 0.15) is 25.3 Å². The number of carbonyl (C=O) groups excluding carboxylic acids is 3. The molecule has 0 radical (unpaired) electrons. The highest BCUT2D eigenvalue weighted by atomic mass is 32.2. The highest BCUT2D eigenvalue weighted by Crippen LogP contribution is 2.47. The molecule has 7 heteroatoms. The number of ether oxygens (including phenoxy) is 1. The fourth-order valence-corrected chi connectivity index (χ4v) is 4.48. The third-order valence-corrected chi connectivity index (χ3v) is 5.90. The van der Waals surface area contributed by atoms with Crippen LogP contribution in [0.25, 0.3) is 0 Å². The smallest absolute Gasteiger partial charge is 0.330 e. The van der Waals surface area contributed by atoms with Crippen molar-refractivity contribution in [2.45, 2.75) is 37.6 Å². The summed E-state index contributed by atoms with van der Waals surface area (Å²) in [4.78, 5) is 37.5. The lowest BCUT2D eigenvalue weighted by atomic mass is 10.2. The summed E-state index contributed by atoms with van der Waals surface area (Å²) in [5, 5.41) is 2.68. The maximum atomic E-state index is 12.3. The van der Waals surface area contributed by atoms with Crippen molar-refractivity contribution in [1.82, 2.24) is 4.90 Å². The molecule has 2 aliphatic rings. The lowest BCUT2D eigenvalue weighted by Crippen LogP contribution is -2.47. The van der Waals surface area contributed by atoms with Crippen molar-refractivity contribution in [3.05, 3.63) is 29.8 Å². The van der Waals surface area contributed by atoms with Crippen LogP contribution >= 0.6 is 11.8 Å². The molecular formula is C17H20N2O4S. The van der Waals surface area contributed by atoms with E-state index in [9.17, 15) is 14.4 Å². The minimum Gasteiger partial charge on any atom is -0.454 e. The molecule has 0 aliphatic carbocycles. The van der Waals surface area contributed by atoms with Crippen molar-refractivity contribution in [3.8, 4) is 0 Å². The third-order valence-electron chi connectivity index (χ3n) is 4.40. The molecule has 0 aromatic heterocycles. The van der Waals surface area contributed by atoms with Gasteiger partial charge in [0.1, 0.15) is 6.04 Å². The van der Waals surface area contributed by atoms with Crippen molar-refractivity contribution in [2.24, 2.45) is 0 Å². The molecule has 2 saturated heterocycles. The van der Waals surface area contributed by atoms with Gasteiger partial charge in [-0.2, -0.15) is 0 Å². The molecule has 2 heterocycles. The summed E-state index contributed by atoms with van der Waals surface area (Å²) in [6.07, 6.45) is 1.20. The van der Waals surface area contributed by atoms with Gasteiger partial charge in [0.2, 0.25) is 5.91 Å². The summed E-state index contributed by atoms with van der Waals surface area (Å²) in [5.74, 6) is -0.414. The first-order valence-corrected chi connectivity index (χ1v) is 8.87. The maximum absolute atomic E-state index is 12.3. The van der Waals surface area contributed by atoms with Gasteiger partial charge in [-0.05, 0) is 32.4 Å². The number of esters is 1. The second-order valence-corrected chi connectivity index (χ2v) is 7.79. The van der Waals surface area contributed by atoms with Crippen molar-refractivity contribution in [2.75, 3.05) is 17.7 Å². The number of aryl methyl sites for hydroxylation is 1. The lowest BCUT2D eigenvalue weighted by Gasteiger charge is -2.29. The molecule has 6 nitrogen and oxygen atoms in total. The van der Waals surface area contributed by atoms with Gasteiger partial charge in [0.15, 0.2) is 6.61 Å². The SMILES string of the molecule is Cc1ccc(NC(=O)COC(=O)[C@@H]2CS[C@@]3(C)CCC(=O)N23)cc1. The van der Waals surface area contributed by atoms with Crippen LogP contribution in [0.5, 0.6) is 0 Å². The van der Waals surface area contributed by atoms with E-state index >= 15 is 0 Å². The van der Waals surface area contributed by atoms with E-state index in [0.29, 0.717) is 17.9 Å². The van der Waals surface area contributed by atoms with E-state index in [0.717, 1.165) is 12.0 Å². The average molecular weight is 348 g/mol. The molecule has 2 fully saturated rings.